The van der Waals surface area contributed by atoms with Gasteiger partial charge in [0.15, 0.2) is 0 Å². The summed E-state index contributed by atoms with van der Waals surface area (Å²) in [7, 11) is 6.88. The summed E-state index contributed by atoms with van der Waals surface area (Å²) in [6.07, 6.45) is 3.01. The predicted octanol–water partition coefficient (Wildman–Crippen LogP) is 18.2. The van der Waals surface area contributed by atoms with Crippen LogP contribution in [0.3, 0.4) is 0 Å². The molecule has 0 N–H and O–H groups in total. The molecule has 2 aliphatic rings. The molecule has 0 fully saturated rings. The molecule has 12 aromatic rings. The summed E-state index contributed by atoms with van der Waals surface area (Å²) in [5, 5.41) is 4.57. The van der Waals surface area contributed by atoms with Gasteiger partial charge in [-0.2, -0.15) is 0 Å². The fourth-order valence-corrected chi connectivity index (χ4v) is 15.0. The zero-order valence-electron chi connectivity index (χ0n) is 53.7. The molecule has 2 aliphatic carbocycles. The summed E-state index contributed by atoms with van der Waals surface area (Å²) >= 11 is 0. The minimum Gasteiger partial charge on any atom is -0.456 e. The van der Waals surface area contributed by atoms with Crippen molar-refractivity contribution in [3.63, 3.8) is 0 Å². The molecule has 0 radical (unpaired) electrons. The third kappa shape index (κ3) is 11.8. The molecule has 11 nitrogen and oxygen atoms in total. The molecule has 93 heavy (non-hydrogen) atoms. The van der Waals surface area contributed by atoms with E-state index in [0.29, 0.717) is 79.3 Å². The maximum atomic E-state index is 6.40. The highest BCUT2D eigenvalue weighted by Gasteiger charge is 2.45. The van der Waals surface area contributed by atoms with E-state index in [4.69, 9.17) is 42.3 Å². The highest BCUT2D eigenvalue weighted by atomic mass is 16.5. The van der Waals surface area contributed by atoms with Crippen molar-refractivity contribution in [1.82, 2.24) is 4.57 Å². The van der Waals surface area contributed by atoms with Gasteiger partial charge in [0.2, 0.25) is 0 Å². The zero-order valence-corrected chi connectivity index (χ0v) is 53.7. The number of rotatable bonds is 30. The molecule has 2 heterocycles. The van der Waals surface area contributed by atoms with E-state index in [0.717, 1.165) is 104 Å². The van der Waals surface area contributed by atoms with Crippen LogP contribution in [-0.2, 0) is 48.7 Å². The van der Waals surface area contributed by atoms with Crippen molar-refractivity contribution in [2.24, 2.45) is 0 Å². The van der Waals surface area contributed by atoms with Crippen LogP contribution in [0.1, 0.15) is 47.9 Å². The second kappa shape index (κ2) is 27.9. The minimum absolute atomic E-state index is 0.435. The van der Waals surface area contributed by atoms with Gasteiger partial charge in [-0.15, -0.1) is 0 Å². The summed E-state index contributed by atoms with van der Waals surface area (Å²) < 4.78 is 56.1. The van der Waals surface area contributed by atoms with Crippen LogP contribution in [-0.4, -0.2) is 112 Å². The van der Waals surface area contributed by atoms with Crippen molar-refractivity contribution in [1.29, 1.82) is 0 Å². The van der Waals surface area contributed by atoms with Crippen LogP contribution in [0.25, 0.3) is 93.9 Å². The van der Waals surface area contributed by atoms with Crippen molar-refractivity contribution in [3.05, 3.63) is 241 Å². The summed E-state index contributed by atoms with van der Waals surface area (Å²) in [5.74, 6) is 0. The monoisotopic (exact) mass is 1240 g/mol. The number of methoxy groups -OCH3 is 4. The Morgan fingerprint density at radius 3 is 1.34 bits per heavy atom. The molecular weight excluding hydrogens is 1160 g/mol. The Morgan fingerprint density at radius 1 is 0.312 bits per heavy atom. The van der Waals surface area contributed by atoms with Crippen molar-refractivity contribution < 1.29 is 42.3 Å². The molecule has 11 heteroatoms. The molecule has 0 saturated carbocycles. The minimum atomic E-state index is -0.435. The van der Waals surface area contributed by atoms with E-state index < -0.39 is 10.8 Å². The zero-order chi connectivity index (χ0) is 63.1. The van der Waals surface area contributed by atoms with Crippen LogP contribution >= 0.6 is 0 Å². The number of benzene rings is 10. The molecule has 14 rings (SSSR count). The first kappa shape index (κ1) is 61.8. The van der Waals surface area contributed by atoms with Gasteiger partial charge in [-0.3, -0.25) is 0 Å². The van der Waals surface area contributed by atoms with E-state index in [-0.39, 0.29) is 0 Å². The fraction of sp³-hybridized carbons (Fsp3) is 0.268. The number of anilines is 3. The highest BCUT2D eigenvalue weighted by Crippen LogP contribution is 2.57. The van der Waals surface area contributed by atoms with E-state index in [1.165, 1.54) is 55.3 Å². The second-order valence-corrected chi connectivity index (χ2v) is 24.4. The maximum absolute atomic E-state index is 6.40. The lowest BCUT2D eigenvalue weighted by Crippen LogP contribution is -2.30. The Morgan fingerprint density at radius 2 is 0.774 bits per heavy atom. The van der Waals surface area contributed by atoms with E-state index >= 15 is 0 Å². The number of aromatic nitrogens is 1. The lowest BCUT2D eigenvalue weighted by Gasteiger charge is -2.35. The molecular formula is C82H80N2O9. The topological polar surface area (TPSA) is 95.2 Å². The van der Waals surface area contributed by atoms with Crippen molar-refractivity contribution in [3.8, 4) is 50.2 Å². The molecule has 0 bridgehead atoms. The Labute approximate surface area is 544 Å². The molecule has 0 amide bonds. The molecule has 0 aliphatic heterocycles. The summed E-state index contributed by atoms with van der Waals surface area (Å²) in [6, 6.07) is 80.7. The van der Waals surface area contributed by atoms with E-state index in [1.54, 1.807) is 28.4 Å². The van der Waals surface area contributed by atoms with Crippen LogP contribution < -0.4 is 4.90 Å². The van der Waals surface area contributed by atoms with E-state index in [2.05, 4.69) is 216 Å². The Bertz CT molecular complexity index is 4430. The first-order valence-corrected chi connectivity index (χ1v) is 32.7. The van der Waals surface area contributed by atoms with Gasteiger partial charge in [-0.25, -0.2) is 0 Å². The van der Waals surface area contributed by atoms with Crippen molar-refractivity contribution in [2.45, 2.75) is 36.5 Å². The first-order chi connectivity index (χ1) is 46.0. The van der Waals surface area contributed by atoms with E-state index in [1.807, 2.05) is 12.1 Å². The molecule has 0 spiro atoms. The average Bonchev–Trinajstić information content (AvgIpc) is 1.63. The van der Waals surface area contributed by atoms with Crippen LogP contribution in [0.15, 0.2) is 223 Å². The average molecular weight is 1240 g/mol. The number of nitrogens with zero attached hydrogens (tertiary/aromatic N) is 2. The Kier molecular flexibility index (Phi) is 18.5. The lowest BCUT2D eigenvalue weighted by molar-refractivity contribution is 0.0490. The van der Waals surface area contributed by atoms with Gasteiger partial charge in [0.1, 0.15) is 11.2 Å². The number of furan rings is 1. The van der Waals surface area contributed by atoms with Gasteiger partial charge in [-0.05, 0) is 171 Å². The van der Waals surface area contributed by atoms with Gasteiger partial charge < -0.3 is 51.8 Å². The largest absolute Gasteiger partial charge is 0.456 e. The van der Waals surface area contributed by atoms with E-state index in [9.17, 15) is 0 Å². The molecule has 2 aromatic heterocycles. The van der Waals surface area contributed by atoms with Gasteiger partial charge >= 0.3 is 0 Å². The Balaban J connectivity index is 0.952. The highest BCUT2D eigenvalue weighted by molar-refractivity contribution is 6.12. The number of hydrogen-bond acceptors (Lipinski definition) is 10. The van der Waals surface area contributed by atoms with Crippen LogP contribution in [0, 0.1) is 0 Å². The smallest absolute Gasteiger partial charge is 0.135 e. The number of ether oxygens (including phenoxy) is 8. The van der Waals surface area contributed by atoms with Crippen LogP contribution in [0.2, 0.25) is 0 Å². The van der Waals surface area contributed by atoms with Gasteiger partial charge in [0.25, 0.3) is 0 Å². The van der Waals surface area contributed by atoms with Crippen molar-refractivity contribution in [2.75, 3.05) is 113 Å². The molecule has 0 saturated heterocycles. The van der Waals surface area contributed by atoms with Crippen molar-refractivity contribution >= 4 is 60.8 Å². The SMILES string of the molecule is COCCOCCC1(CCOCCOC)c2ccccc2-c2ccc(N(c3ccc(-c4ccc5c(c4)c4ccccc4n5-c4ccc5oc6ccccc6c5c4)c(-c4ccccc4)c3)c3ccc4c(c3)C(CCOCCOC)(CCOCCOC)c3ccccc3-4)cc21. The quantitative estimate of drug-likeness (QED) is 0.0405. The fourth-order valence-electron chi connectivity index (χ4n) is 15.0. The second-order valence-electron chi connectivity index (χ2n) is 24.4. The molecule has 0 unspecified atom stereocenters. The first-order valence-electron chi connectivity index (χ1n) is 32.7. The predicted molar refractivity (Wildman–Crippen MR) is 375 cm³/mol. The third-order valence-electron chi connectivity index (χ3n) is 19.4. The number of fused-ring (bicyclic) bond motifs is 12. The normalized spacial score (nSPS) is 13.5. The van der Waals surface area contributed by atoms with Crippen LogP contribution in [0.4, 0.5) is 17.1 Å². The number of hydrogen-bond donors (Lipinski definition) is 0. The third-order valence-corrected chi connectivity index (χ3v) is 19.4. The maximum Gasteiger partial charge on any atom is 0.135 e. The standard InChI is InChI=1S/C82H80N2O9/c1-85-44-48-89-40-36-81(37-41-90-49-45-86-2)73-22-12-8-18-64(73)66-32-28-61(55-75(66)81)83(62-29-33-67-65-19-9-13-23-74(65)82(76(67)56-62,38-42-91-50-46-87-3)39-43-92-51-47-88-4)59-27-31-63(70(53-59)57-16-6-5-7-17-57)58-26-34-78-71(52-58)68-20-10-14-24-77(68)84(78)60-30-35-80-72(54-60)69-21-11-15-25-79(69)93-80/h5-35,52-56H,36-51H2,1-4H3. The summed E-state index contributed by atoms with van der Waals surface area (Å²) in [6.45, 7) is 6.36. The Hall–Kier alpha value is -8.72. The van der Waals surface area contributed by atoms with Gasteiger partial charge in [-0.1, -0.05) is 140 Å². The summed E-state index contributed by atoms with van der Waals surface area (Å²) in [4.78, 5) is 2.49. The lowest BCUT2D eigenvalue weighted by atomic mass is 9.73. The number of para-hydroxylation sites is 2. The van der Waals surface area contributed by atoms with Crippen LogP contribution in [0.5, 0.6) is 0 Å². The molecule has 472 valence electrons. The molecule has 0 atom stereocenters. The molecule has 10 aromatic carbocycles. The van der Waals surface area contributed by atoms with Gasteiger partial charge in [0, 0.05) is 110 Å². The summed E-state index contributed by atoms with van der Waals surface area (Å²) in [5.41, 5.74) is 21.9. The van der Waals surface area contributed by atoms with Gasteiger partial charge in [0.05, 0.1) is 63.9 Å².